The molecule has 33 heavy (non-hydrogen) atoms. The van der Waals surface area contributed by atoms with Gasteiger partial charge >= 0.3 is 0 Å². The van der Waals surface area contributed by atoms with Gasteiger partial charge in [-0.1, -0.05) is 24.3 Å². The normalized spacial score (nSPS) is 17.5. The Morgan fingerprint density at radius 1 is 1.12 bits per heavy atom. The highest BCUT2D eigenvalue weighted by Crippen LogP contribution is 2.40. The van der Waals surface area contributed by atoms with Crippen molar-refractivity contribution >= 4 is 17.4 Å². The first kappa shape index (κ1) is 22.1. The third-order valence-electron chi connectivity index (χ3n) is 5.52. The number of likely N-dealkylation sites (tertiary alicyclic amines) is 1. The molecular weight excluding hydrogens is 422 g/mol. The number of hydrogen-bond donors (Lipinski definition) is 2. The van der Waals surface area contributed by atoms with Crippen molar-refractivity contribution < 1.29 is 24.5 Å². The second-order valence-electron chi connectivity index (χ2n) is 7.70. The lowest BCUT2D eigenvalue weighted by molar-refractivity contribution is -0.139. The van der Waals surface area contributed by atoms with Gasteiger partial charge in [0.2, 0.25) is 0 Å². The van der Waals surface area contributed by atoms with Crippen molar-refractivity contribution in [2.75, 3.05) is 13.2 Å². The zero-order valence-corrected chi connectivity index (χ0v) is 18.2. The summed E-state index contributed by atoms with van der Waals surface area (Å²) in [7, 11) is 0. The van der Waals surface area contributed by atoms with Crippen LogP contribution in [0, 0.1) is 0 Å². The number of benzene rings is 2. The number of aromatic nitrogens is 2. The summed E-state index contributed by atoms with van der Waals surface area (Å²) >= 11 is 0. The van der Waals surface area contributed by atoms with E-state index >= 15 is 0 Å². The number of aromatic hydroxyl groups is 1. The maximum atomic E-state index is 13.1. The molecule has 1 atom stereocenters. The fourth-order valence-corrected chi connectivity index (χ4v) is 4.05. The Morgan fingerprint density at radius 2 is 1.94 bits per heavy atom. The van der Waals surface area contributed by atoms with Crippen molar-refractivity contribution in [3.63, 3.8) is 0 Å². The van der Waals surface area contributed by atoms with Crippen molar-refractivity contribution in [2.24, 2.45) is 0 Å². The average molecular weight is 447 g/mol. The molecule has 8 heteroatoms. The van der Waals surface area contributed by atoms with E-state index in [-0.39, 0.29) is 17.1 Å². The molecule has 1 saturated heterocycles. The van der Waals surface area contributed by atoms with E-state index < -0.39 is 17.7 Å². The van der Waals surface area contributed by atoms with Crippen molar-refractivity contribution in [1.82, 2.24) is 14.5 Å². The zero-order valence-electron chi connectivity index (χ0n) is 18.2. The smallest absolute Gasteiger partial charge is 0.295 e. The number of carbonyl (C=O) groups excluding carboxylic acids is 2. The molecule has 0 radical (unpaired) electrons. The van der Waals surface area contributed by atoms with Gasteiger partial charge in [-0.25, -0.2) is 4.98 Å². The molecule has 0 bridgehead atoms. The number of carbonyl (C=O) groups is 2. The monoisotopic (exact) mass is 447 g/mol. The van der Waals surface area contributed by atoms with E-state index in [9.17, 15) is 19.8 Å². The number of amides is 1. The van der Waals surface area contributed by atoms with E-state index in [1.807, 2.05) is 17.7 Å². The van der Waals surface area contributed by atoms with Gasteiger partial charge in [-0.2, -0.15) is 0 Å². The van der Waals surface area contributed by atoms with Crippen LogP contribution in [-0.2, 0) is 16.1 Å². The van der Waals surface area contributed by atoms with Crippen molar-refractivity contribution in [3.05, 3.63) is 84.0 Å². The molecule has 0 aliphatic carbocycles. The summed E-state index contributed by atoms with van der Waals surface area (Å²) in [5.74, 6) is -1.16. The Kier molecular flexibility index (Phi) is 6.44. The molecule has 2 aromatic carbocycles. The number of ether oxygens (including phenoxy) is 1. The van der Waals surface area contributed by atoms with Crippen LogP contribution in [0.1, 0.15) is 30.5 Å². The zero-order chi connectivity index (χ0) is 23.4. The minimum absolute atomic E-state index is 0.00912. The van der Waals surface area contributed by atoms with Crippen LogP contribution in [0.4, 0.5) is 0 Å². The Balaban J connectivity index is 1.74. The van der Waals surface area contributed by atoms with Gasteiger partial charge < -0.3 is 24.4 Å². The van der Waals surface area contributed by atoms with Crippen LogP contribution in [-0.4, -0.2) is 49.5 Å². The Hall–Kier alpha value is -4.07. The maximum absolute atomic E-state index is 13.1. The Bertz CT molecular complexity index is 1190. The molecule has 8 nitrogen and oxygen atoms in total. The average Bonchev–Trinajstić information content (AvgIpc) is 3.41. The van der Waals surface area contributed by atoms with Crippen LogP contribution in [0.2, 0.25) is 0 Å². The highest BCUT2D eigenvalue weighted by Gasteiger charge is 2.45. The molecule has 1 aliphatic rings. The molecule has 170 valence electrons. The summed E-state index contributed by atoms with van der Waals surface area (Å²) < 4.78 is 7.40. The summed E-state index contributed by atoms with van der Waals surface area (Å²) in [6.07, 6.45) is 5.77. The van der Waals surface area contributed by atoms with Gasteiger partial charge in [0.15, 0.2) is 0 Å². The maximum Gasteiger partial charge on any atom is 0.295 e. The van der Waals surface area contributed by atoms with Gasteiger partial charge in [0, 0.05) is 31.0 Å². The third-order valence-corrected chi connectivity index (χ3v) is 5.52. The first-order chi connectivity index (χ1) is 16.0. The number of aliphatic hydroxyl groups excluding tert-OH is 1. The number of ketones is 1. The Morgan fingerprint density at radius 3 is 2.67 bits per heavy atom. The Labute approximate surface area is 191 Å². The lowest BCUT2D eigenvalue weighted by atomic mass is 9.95. The predicted molar refractivity (Wildman–Crippen MR) is 122 cm³/mol. The molecule has 2 N–H and O–H groups in total. The highest BCUT2D eigenvalue weighted by molar-refractivity contribution is 6.46. The van der Waals surface area contributed by atoms with Crippen LogP contribution >= 0.6 is 0 Å². The summed E-state index contributed by atoms with van der Waals surface area (Å²) in [6, 6.07) is 12.3. The van der Waals surface area contributed by atoms with Gasteiger partial charge in [0.1, 0.15) is 17.3 Å². The topological polar surface area (TPSA) is 105 Å². The number of hydrogen-bond acceptors (Lipinski definition) is 6. The second-order valence-corrected chi connectivity index (χ2v) is 7.70. The van der Waals surface area contributed by atoms with Crippen LogP contribution in [0.25, 0.3) is 5.76 Å². The third kappa shape index (κ3) is 4.59. The molecule has 2 heterocycles. The van der Waals surface area contributed by atoms with Crippen LogP contribution < -0.4 is 4.74 Å². The number of Topliss-reactive ketones (excluding diaryl/α,β-unsaturated/α-hetero) is 1. The minimum atomic E-state index is -0.823. The molecule has 0 spiro atoms. The fourth-order valence-electron chi connectivity index (χ4n) is 4.05. The molecule has 4 rings (SSSR count). The minimum Gasteiger partial charge on any atom is -0.508 e. The van der Waals surface area contributed by atoms with Crippen molar-refractivity contribution in [2.45, 2.75) is 25.9 Å². The second kappa shape index (κ2) is 9.60. The highest BCUT2D eigenvalue weighted by atomic mass is 16.5. The van der Waals surface area contributed by atoms with E-state index in [0.29, 0.717) is 43.0 Å². The molecule has 1 amide bonds. The molecule has 3 aromatic rings. The quantitative estimate of drug-likeness (QED) is 0.311. The summed E-state index contributed by atoms with van der Waals surface area (Å²) in [5.41, 5.74) is 0.906. The lowest BCUT2D eigenvalue weighted by Crippen LogP contribution is -2.31. The summed E-state index contributed by atoms with van der Waals surface area (Å²) in [5, 5.41) is 21.2. The lowest BCUT2D eigenvalue weighted by Gasteiger charge is -2.25. The van der Waals surface area contributed by atoms with Crippen LogP contribution in [0.15, 0.2) is 72.8 Å². The van der Waals surface area contributed by atoms with E-state index in [2.05, 4.69) is 4.98 Å². The number of nitrogens with zero attached hydrogens (tertiary/aromatic N) is 3. The van der Waals surface area contributed by atoms with E-state index in [1.54, 1.807) is 48.9 Å². The van der Waals surface area contributed by atoms with Gasteiger partial charge in [0.05, 0.1) is 24.5 Å². The van der Waals surface area contributed by atoms with E-state index in [0.717, 1.165) is 0 Å². The number of phenols is 1. The van der Waals surface area contributed by atoms with Crippen LogP contribution in [0.3, 0.4) is 0 Å². The first-order valence-electron chi connectivity index (χ1n) is 10.8. The van der Waals surface area contributed by atoms with Crippen LogP contribution in [0.5, 0.6) is 11.5 Å². The van der Waals surface area contributed by atoms with E-state index in [4.69, 9.17) is 4.74 Å². The fraction of sp³-hybridized carbons (Fsp3) is 0.240. The van der Waals surface area contributed by atoms with Gasteiger partial charge in [-0.05, 0) is 43.2 Å². The number of rotatable bonds is 8. The molecule has 1 aromatic heterocycles. The summed E-state index contributed by atoms with van der Waals surface area (Å²) in [6.45, 7) is 3.21. The largest absolute Gasteiger partial charge is 0.508 e. The van der Waals surface area contributed by atoms with Crippen molar-refractivity contribution in [3.8, 4) is 11.5 Å². The standard InChI is InChI=1S/C25H25N3O5/c1-2-33-20-9-4-7-18(15-20)23(30)21-22(17-6-3-8-19(29)14-17)28(25(32)24(21)31)12-5-11-27-13-10-26-16-27/h3-4,6-10,13-16,22,29-30H,2,5,11-12H2,1H3/b23-21+. The van der Waals surface area contributed by atoms with Crippen molar-refractivity contribution in [1.29, 1.82) is 0 Å². The number of aryl methyl sites for hydroxylation is 1. The van der Waals surface area contributed by atoms with E-state index in [1.165, 1.54) is 17.0 Å². The number of aliphatic hydroxyl groups is 1. The molecule has 1 aliphatic heterocycles. The SMILES string of the molecule is CCOc1cccc(/C(O)=C2\C(=O)C(=O)N(CCCn3ccnc3)C2c2cccc(O)c2)c1. The first-order valence-corrected chi connectivity index (χ1v) is 10.8. The molecule has 0 saturated carbocycles. The molecule has 1 fully saturated rings. The molecular formula is C25H25N3O5. The number of imidazole rings is 1. The molecule has 1 unspecified atom stereocenters. The predicted octanol–water partition coefficient (Wildman–Crippen LogP) is 3.50. The van der Waals surface area contributed by atoms with Gasteiger partial charge in [-0.3, -0.25) is 9.59 Å². The van der Waals surface area contributed by atoms with Gasteiger partial charge in [-0.15, -0.1) is 0 Å². The summed E-state index contributed by atoms with van der Waals surface area (Å²) in [4.78, 5) is 31.6. The number of phenolic OH excluding ortho intramolecular Hbond substituents is 1. The van der Waals surface area contributed by atoms with Gasteiger partial charge in [0.25, 0.3) is 11.7 Å².